The average Bonchev–Trinajstić information content (AvgIpc) is 2.55. The lowest BCUT2D eigenvalue weighted by Crippen LogP contribution is -2.12. The highest BCUT2D eigenvalue weighted by atomic mass is 16.1. The lowest BCUT2D eigenvalue weighted by atomic mass is 10.1. The number of rotatable bonds is 3. The Kier molecular flexibility index (Phi) is 3.87. The summed E-state index contributed by atoms with van der Waals surface area (Å²) in [5, 5.41) is 8.50. The zero-order valence-corrected chi connectivity index (χ0v) is 12.0. The van der Waals surface area contributed by atoms with Gasteiger partial charge in [0.2, 0.25) is 0 Å². The van der Waals surface area contributed by atoms with E-state index < -0.39 is 5.69 Å². The van der Waals surface area contributed by atoms with Crippen LogP contribution in [0.5, 0.6) is 0 Å². The van der Waals surface area contributed by atoms with Crippen LogP contribution in [-0.4, -0.2) is 9.97 Å². The van der Waals surface area contributed by atoms with Crippen molar-refractivity contribution in [2.24, 2.45) is 10.2 Å². The Morgan fingerprint density at radius 2 is 1.55 bits per heavy atom. The second-order valence-electron chi connectivity index (χ2n) is 4.77. The van der Waals surface area contributed by atoms with Crippen LogP contribution in [0.3, 0.4) is 0 Å². The van der Waals surface area contributed by atoms with Crippen LogP contribution in [-0.2, 0) is 0 Å². The molecule has 0 fully saturated rings. The second-order valence-corrected chi connectivity index (χ2v) is 4.77. The van der Waals surface area contributed by atoms with E-state index in [0.717, 1.165) is 11.3 Å². The van der Waals surface area contributed by atoms with E-state index in [1.807, 2.05) is 60.7 Å². The van der Waals surface area contributed by atoms with Gasteiger partial charge in [0.1, 0.15) is 11.4 Å². The van der Waals surface area contributed by atoms with Crippen LogP contribution in [0, 0.1) is 6.92 Å². The van der Waals surface area contributed by atoms with E-state index in [-0.39, 0.29) is 0 Å². The zero-order valence-electron chi connectivity index (χ0n) is 12.0. The van der Waals surface area contributed by atoms with Crippen LogP contribution in [0.25, 0.3) is 11.3 Å². The molecule has 0 bridgehead atoms. The van der Waals surface area contributed by atoms with Gasteiger partial charge in [-0.25, -0.2) is 4.79 Å². The van der Waals surface area contributed by atoms with Crippen LogP contribution in [0.2, 0.25) is 0 Å². The maximum Gasteiger partial charge on any atom is 0.345 e. The van der Waals surface area contributed by atoms with E-state index in [1.54, 1.807) is 6.92 Å². The number of H-pyrrole nitrogens is 1. The monoisotopic (exact) mass is 290 g/mol. The van der Waals surface area contributed by atoms with Gasteiger partial charge in [-0.05, 0) is 19.1 Å². The number of hydrogen-bond acceptors (Lipinski definition) is 4. The molecule has 3 rings (SSSR count). The number of benzene rings is 2. The molecule has 0 radical (unpaired) electrons. The minimum atomic E-state index is -0.394. The van der Waals surface area contributed by atoms with Crippen LogP contribution in [0.1, 0.15) is 5.69 Å². The Bertz CT molecular complexity index is 855. The third kappa shape index (κ3) is 2.98. The molecule has 0 saturated carbocycles. The second kappa shape index (κ2) is 6.13. The SMILES string of the molecule is Cc1[nH]c(=O)nc(-c2ccccc2)c1N=Nc1ccccc1. The van der Waals surface area contributed by atoms with Gasteiger partial charge in [0.05, 0.1) is 5.69 Å². The maximum absolute atomic E-state index is 11.7. The van der Waals surface area contributed by atoms with E-state index in [9.17, 15) is 4.79 Å². The summed E-state index contributed by atoms with van der Waals surface area (Å²) in [6.45, 7) is 1.79. The van der Waals surface area contributed by atoms with E-state index in [2.05, 4.69) is 20.2 Å². The highest BCUT2D eigenvalue weighted by Crippen LogP contribution is 2.30. The Hall–Kier alpha value is -3.08. The smallest absolute Gasteiger partial charge is 0.308 e. The molecular weight excluding hydrogens is 276 g/mol. The van der Waals surface area contributed by atoms with Gasteiger partial charge in [0.25, 0.3) is 0 Å². The third-order valence-electron chi connectivity index (χ3n) is 3.16. The van der Waals surface area contributed by atoms with Gasteiger partial charge < -0.3 is 4.98 Å². The number of nitrogens with zero attached hydrogens (tertiary/aromatic N) is 3. The van der Waals surface area contributed by atoms with Gasteiger partial charge in [0, 0.05) is 11.3 Å². The van der Waals surface area contributed by atoms with Crippen molar-refractivity contribution in [3.05, 3.63) is 76.8 Å². The van der Waals surface area contributed by atoms with Crippen molar-refractivity contribution >= 4 is 11.4 Å². The normalized spacial score (nSPS) is 11.0. The standard InChI is InChI=1S/C17H14N4O/c1-12-15(21-20-14-10-6-3-7-11-14)16(19-17(22)18-12)13-8-4-2-5-9-13/h2-11H,1H3,(H,18,19,22). The van der Waals surface area contributed by atoms with Crippen molar-refractivity contribution in [3.63, 3.8) is 0 Å². The molecule has 0 saturated heterocycles. The van der Waals surface area contributed by atoms with Crippen molar-refractivity contribution < 1.29 is 0 Å². The van der Waals surface area contributed by atoms with Crippen LogP contribution < -0.4 is 5.69 Å². The molecule has 2 aromatic carbocycles. The quantitative estimate of drug-likeness (QED) is 0.736. The molecule has 5 nitrogen and oxygen atoms in total. The number of aryl methyl sites for hydroxylation is 1. The van der Waals surface area contributed by atoms with Crippen LogP contribution >= 0.6 is 0 Å². The van der Waals surface area contributed by atoms with Gasteiger partial charge in [-0.1, -0.05) is 48.5 Å². The molecule has 0 unspecified atom stereocenters. The molecule has 1 aromatic heterocycles. The van der Waals surface area contributed by atoms with Crippen molar-refractivity contribution in [3.8, 4) is 11.3 Å². The molecule has 1 heterocycles. The first kappa shape index (κ1) is 13.9. The summed E-state index contributed by atoms with van der Waals surface area (Å²) in [7, 11) is 0. The van der Waals surface area contributed by atoms with Gasteiger partial charge >= 0.3 is 5.69 Å². The molecule has 5 heteroatoms. The van der Waals surface area contributed by atoms with E-state index >= 15 is 0 Å². The van der Waals surface area contributed by atoms with E-state index in [0.29, 0.717) is 17.1 Å². The molecule has 0 aliphatic heterocycles. The number of aromatic amines is 1. The fourth-order valence-corrected chi connectivity index (χ4v) is 2.10. The fourth-order valence-electron chi connectivity index (χ4n) is 2.10. The van der Waals surface area contributed by atoms with Crippen molar-refractivity contribution in [1.82, 2.24) is 9.97 Å². The fraction of sp³-hybridized carbons (Fsp3) is 0.0588. The van der Waals surface area contributed by atoms with Crippen LogP contribution in [0.15, 0.2) is 75.7 Å². The molecule has 0 aliphatic rings. The van der Waals surface area contributed by atoms with Gasteiger partial charge in [-0.2, -0.15) is 10.1 Å². The lowest BCUT2D eigenvalue weighted by Gasteiger charge is -2.06. The number of hydrogen-bond donors (Lipinski definition) is 1. The number of nitrogens with one attached hydrogen (secondary N) is 1. The Labute approximate surface area is 127 Å². The summed E-state index contributed by atoms with van der Waals surface area (Å²) in [4.78, 5) is 18.4. The Morgan fingerprint density at radius 3 is 2.23 bits per heavy atom. The van der Waals surface area contributed by atoms with Gasteiger partial charge in [0.15, 0.2) is 0 Å². The predicted molar refractivity (Wildman–Crippen MR) is 85.6 cm³/mol. The van der Waals surface area contributed by atoms with E-state index in [4.69, 9.17) is 0 Å². The third-order valence-corrected chi connectivity index (χ3v) is 3.16. The molecule has 3 aromatic rings. The lowest BCUT2D eigenvalue weighted by molar-refractivity contribution is 1.01. The molecule has 1 N–H and O–H groups in total. The first-order valence-electron chi connectivity index (χ1n) is 6.87. The molecule has 0 amide bonds. The van der Waals surface area contributed by atoms with Gasteiger partial charge in [-0.15, -0.1) is 5.11 Å². The number of aromatic nitrogens is 2. The topological polar surface area (TPSA) is 70.5 Å². The maximum atomic E-state index is 11.7. The van der Waals surface area contributed by atoms with Crippen LogP contribution in [0.4, 0.5) is 11.4 Å². The minimum Gasteiger partial charge on any atom is -0.308 e. The highest BCUT2D eigenvalue weighted by Gasteiger charge is 2.11. The first-order valence-corrected chi connectivity index (χ1v) is 6.87. The van der Waals surface area contributed by atoms with Crippen molar-refractivity contribution in [2.45, 2.75) is 6.92 Å². The summed E-state index contributed by atoms with van der Waals surface area (Å²) >= 11 is 0. The molecule has 0 aliphatic carbocycles. The molecule has 22 heavy (non-hydrogen) atoms. The molecule has 108 valence electrons. The largest absolute Gasteiger partial charge is 0.345 e. The molecular formula is C17H14N4O. The van der Waals surface area contributed by atoms with Crippen molar-refractivity contribution in [1.29, 1.82) is 0 Å². The summed E-state index contributed by atoms with van der Waals surface area (Å²) in [6, 6.07) is 18.9. The van der Waals surface area contributed by atoms with Gasteiger partial charge in [-0.3, -0.25) is 0 Å². The molecule has 0 spiro atoms. The summed E-state index contributed by atoms with van der Waals surface area (Å²) in [6.07, 6.45) is 0. The minimum absolute atomic E-state index is 0.394. The average molecular weight is 290 g/mol. The highest BCUT2D eigenvalue weighted by molar-refractivity contribution is 5.72. The van der Waals surface area contributed by atoms with Crippen molar-refractivity contribution in [2.75, 3.05) is 0 Å². The Morgan fingerprint density at radius 1 is 0.909 bits per heavy atom. The number of azo groups is 1. The summed E-state index contributed by atoms with van der Waals surface area (Å²) in [5.41, 5.74) is 2.91. The Balaban J connectivity index is 2.11. The first-order chi connectivity index (χ1) is 10.7. The summed E-state index contributed by atoms with van der Waals surface area (Å²) < 4.78 is 0. The summed E-state index contributed by atoms with van der Waals surface area (Å²) in [5.74, 6) is 0. The van der Waals surface area contributed by atoms with E-state index in [1.165, 1.54) is 0 Å². The predicted octanol–water partition coefficient (Wildman–Crippen LogP) is 4.16. The molecule has 0 atom stereocenters. The zero-order chi connectivity index (χ0) is 15.4.